The van der Waals surface area contributed by atoms with Crippen LogP contribution in [0.15, 0.2) is 0 Å². The number of aliphatic hydroxyl groups excluding tert-OH is 1. The first-order chi connectivity index (χ1) is 6.74. The van der Waals surface area contributed by atoms with Crippen LogP contribution in [-0.4, -0.2) is 37.0 Å². The molecule has 0 aromatic heterocycles. The monoisotopic (exact) mass is 198 g/mol. The summed E-state index contributed by atoms with van der Waals surface area (Å²) in [7, 11) is 1.63. The van der Waals surface area contributed by atoms with Gasteiger partial charge in [0.1, 0.15) is 0 Å². The Balaban J connectivity index is 1.92. The van der Waals surface area contributed by atoms with Crippen LogP contribution in [0.3, 0.4) is 0 Å². The minimum Gasteiger partial charge on any atom is -0.465 e. The Hall–Kier alpha value is -0.610. The molecule has 4 heteroatoms. The zero-order chi connectivity index (χ0) is 9.87. The van der Waals surface area contributed by atoms with Crippen LogP contribution in [-0.2, 0) is 14.3 Å². The van der Waals surface area contributed by atoms with Crippen molar-refractivity contribution < 1.29 is 19.4 Å². The van der Waals surface area contributed by atoms with E-state index in [-0.39, 0.29) is 23.9 Å². The number of hydrogen-bond acceptors (Lipinski definition) is 4. The second kappa shape index (κ2) is 2.70. The molecule has 1 saturated heterocycles. The van der Waals surface area contributed by atoms with E-state index < -0.39 is 6.10 Å². The van der Waals surface area contributed by atoms with Gasteiger partial charge in [-0.25, -0.2) is 0 Å². The van der Waals surface area contributed by atoms with Gasteiger partial charge in [-0.3, -0.25) is 4.79 Å². The zero-order valence-electron chi connectivity index (χ0n) is 8.05. The summed E-state index contributed by atoms with van der Waals surface area (Å²) < 4.78 is 10.3. The lowest BCUT2D eigenvalue weighted by atomic mass is 9.78. The summed E-state index contributed by atoms with van der Waals surface area (Å²) in [5, 5.41) is 9.91. The van der Waals surface area contributed by atoms with Gasteiger partial charge in [0, 0.05) is 18.9 Å². The van der Waals surface area contributed by atoms with Gasteiger partial charge in [-0.2, -0.15) is 0 Å². The van der Waals surface area contributed by atoms with E-state index in [4.69, 9.17) is 9.47 Å². The van der Waals surface area contributed by atoms with E-state index in [0.29, 0.717) is 18.4 Å². The Bertz CT molecular complexity index is 277. The van der Waals surface area contributed by atoms with Gasteiger partial charge in [0.15, 0.2) is 0 Å². The number of carbonyl (C=O) groups excluding carboxylic acids is 1. The average Bonchev–Trinajstić information content (AvgIpc) is 2.77. The Morgan fingerprint density at radius 3 is 2.93 bits per heavy atom. The van der Waals surface area contributed by atoms with E-state index in [0.717, 1.165) is 6.42 Å². The van der Waals surface area contributed by atoms with Gasteiger partial charge in [0.25, 0.3) is 0 Å². The van der Waals surface area contributed by atoms with E-state index in [1.54, 1.807) is 7.11 Å². The van der Waals surface area contributed by atoms with E-state index in [9.17, 15) is 9.90 Å². The number of cyclic esters (lactones) is 1. The van der Waals surface area contributed by atoms with Crippen molar-refractivity contribution in [2.75, 3.05) is 13.7 Å². The molecule has 1 N–H and O–H groups in total. The number of aliphatic hydroxyl groups is 1. The van der Waals surface area contributed by atoms with Crippen molar-refractivity contribution in [3.63, 3.8) is 0 Å². The summed E-state index contributed by atoms with van der Waals surface area (Å²) in [6, 6.07) is 0. The predicted molar refractivity (Wildman–Crippen MR) is 46.3 cm³/mol. The minimum atomic E-state index is -0.475. The molecule has 0 radical (unpaired) electrons. The number of carbonyl (C=O) groups is 1. The summed E-state index contributed by atoms with van der Waals surface area (Å²) in [6.07, 6.45) is 0.358. The predicted octanol–water partition coefficient (Wildman–Crippen LogP) is -0.199. The van der Waals surface area contributed by atoms with Crippen molar-refractivity contribution in [3.05, 3.63) is 0 Å². The summed E-state index contributed by atoms with van der Waals surface area (Å²) in [5.74, 6) is 0.514. The van der Waals surface area contributed by atoms with Gasteiger partial charge in [-0.1, -0.05) is 0 Å². The molecule has 3 aliphatic rings. The van der Waals surface area contributed by atoms with Crippen LogP contribution in [0.5, 0.6) is 0 Å². The largest absolute Gasteiger partial charge is 0.465 e. The maximum atomic E-state index is 11.4. The Morgan fingerprint density at radius 1 is 1.43 bits per heavy atom. The van der Waals surface area contributed by atoms with Crippen LogP contribution >= 0.6 is 0 Å². The Labute approximate surface area is 82.2 Å². The lowest BCUT2D eigenvalue weighted by Crippen LogP contribution is -2.43. The van der Waals surface area contributed by atoms with Crippen molar-refractivity contribution in [3.8, 4) is 0 Å². The van der Waals surface area contributed by atoms with E-state index in [1.165, 1.54) is 0 Å². The van der Waals surface area contributed by atoms with Gasteiger partial charge >= 0.3 is 5.97 Å². The van der Waals surface area contributed by atoms with Gasteiger partial charge in [-0.05, 0) is 12.3 Å². The molecule has 0 amide bonds. The second-order valence-corrected chi connectivity index (χ2v) is 4.57. The second-order valence-electron chi connectivity index (χ2n) is 4.57. The number of esters is 1. The molecule has 0 aromatic rings. The third-order valence-electron chi connectivity index (χ3n) is 4.18. The molecule has 2 saturated carbocycles. The lowest BCUT2D eigenvalue weighted by Gasteiger charge is -2.31. The molecule has 3 rings (SSSR count). The van der Waals surface area contributed by atoms with Crippen LogP contribution in [0.2, 0.25) is 0 Å². The molecule has 78 valence electrons. The Kier molecular flexibility index (Phi) is 1.67. The van der Waals surface area contributed by atoms with Crippen LogP contribution in [0, 0.1) is 23.7 Å². The van der Waals surface area contributed by atoms with E-state index in [1.807, 2.05) is 0 Å². The highest BCUT2D eigenvalue weighted by molar-refractivity contribution is 5.76. The van der Waals surface area contributed by atoms with Crippen molar-refractivity contribution >= 4 is 5.97 Å². The molecule has 0 aromatic carbocycles. The third kappa shape index (κ3) is 0.834. The number of fused-ring (bicyclic) bond motifs is 5. The fourth-order valence-electron chi connectivity index (χ4n) is 3.61. The van der Waals surface area contributed by atoms with Crippen LogP contribution in [0.4, 0.5) is 0 Å². The highest BCUT2D eigenvalue weighted by atomic mass is 16.5. The zero-order valence-corrected chi connectivity index (χ0v) is 8.05. The fourth-order valence-corrected chi connectivity index (χ4v) is 3.61. The summed E-state index contributed by atoms with van der Waals surface area (Å²) >= 11 is 0. The molecule has 14 heavy (non-hydrogen) atoms. The topological polar surface area (TPSA) is 55.8 Å². The molecule has 0 unspecified atom stereocenters. The van der Waals surface area contributed by atoms with E-state index >= 15 is 0 Å². The first-order valence-corrected chi connectivity index (χ1v) is 5.11. The van der Waals surface area contributed by atoms with Crippen molar-refractivity contribution in [2.24, 2.45) is 23.7 Å². The first kappa shape index (κ1) is 8.68. The van der Waals surface area contributed by atoms with Crippen LogP contribution < -0.4 is 0 Å². The minimum absolute atomic E-state index is 0.0543. The maximum absolute atomic E-state index is 11.4. The number of hydrogen-bond donors (Lipinski definition) is 1. The fraction of sp³-hybridized carbons (Fsp3) is 0.900. The van der Waals surface area contributed by atoms with Crippen LogP contribution in [0.1, 0.15) is 6.42 Å². The SMILES string of the molecule is CO[C@@H]1[C@H](O)[C@H]2C[C@H]1[C@@H]1COC(=O)[C@H]21. The van der Waals surface area contributed by atoms with Crippen molar-refractivity contribution in [1.82, 2.24) is 0 Å². The van der Waals surface area contributed by atoms with Gasteiger partial charge in [0.05, 0.1) is 24.7 Å². The van der Waals surface area contributed by atoms with Crippen LogP contribution in [0.25, 0.3) is 0 Å². The Morgan fingerprint density at radius 2 is 2.21 bits per heavy atom. The normalized spacial score (nSPS) is 54.9. The molecular formula is C10H14O4. The molecule has 3 fully saturated rings. The summed E-state index contributed by atoms with van der Waals surface area (Å²) in [4.78, 5) is 11.4. The van der Waals surface area contributed by atoms with Gasteiger partial charge in [0.2, 0.25) is 0 Å². The number of ether oxygens (including phenoxy) is 2. The molecule has 2 aliphatic carbocycles. The van der Waals surface area contributed by atoms with Gasteiger partial charge in [-0.15, -0.1) is 0 Å². The number of methoxy groups -OCH3 is 1. The molecule has 4 nitrogen and oxygen atoms in total. The highest BCUT2D eigenvalue weighted by Gasteiger charge is 2.63. The molecule has 2 bridgehead atoms. The molecule has 1 heterocycles. The summed E-state index contributed by atoms with van der Waals surface area (Å²) in [5.41, 5.74) is 0. The van der Waals surface area contributed by atoms with E-state index in [2.05, 4.69) is 0 Å². The first-order valence-electron chi connectivity index (χ1n) is 5.11. The average molecular weight is 198 g/mol. The molecule has 6 atom stereocenters. The molecule has 1 aliphatic heterocycles. The van der Waals surface area contributed by atoms with Crippen molar-refractivity contribution in [2.45, 2.75) is 18.6 Å². The number of rotatable bonds is 1. The maximum Gasteiger partial charge on any atom is 0.309 e. The third-order valence-corrected chi connectivity index (χ3v) is 4.18. The van der Waals surface area contributed by atoms with Crippen molar-refractivity contribution in [1.29, 1.82) is 0 Å². The smallest absolute Gasteiger partial charge is 0.309 e. The highest BCUT2D eigenvalue weighted by Crippen LogP contribution is 2.55. The lowest BCUT2D eigenvalue weighted by molar-refractivity contribution is -0.144. The standard InChI is InChI=1S/C10H14O4/c1-13-9-4-2-5(8(9)11)7-6(4)3-14-10(7)12/h4-9,11H,2-3H2,1H3/t4-,5-,6-,7+,8+,9-/m0/s1. The molecular weight excluding hydrogens is 184 g/mol. The summed E-state index contributed by atoms with van der Waals surface area (Å²) in [6.45, 7) is 0.525. The quantitative estimate of drug-likeness (QED) is 0.593. The molecule has 0 spiro atoms. The van der Waals surface area contributed by atoms with Gasteiger partial charge < -0.3 is 14.6 Å².